The number of hydrogen-bond donors (Lipinski definition) is 1. The standard InChI is InChI=1S/C22H34N4O2/c1-3-23-22(24-11-8-19-6-4-18(2)5-7-19)26-12-9-20(10-13-26)21(27)25-14-16-28-17-15-25/h4-7,20H,3,8-17H2,1-2H3,(H,23,24). The van der Waals surface area contributed by atoms with E-state index < -0.39 is 0 Å². The average molecular weight is 387 g/mol. The number of likely N-dealkylation sites (tertiary alicyclic amines) is 1. The number of rotatable bonds is 5. The van der Waals surface area contributed by atoms with Crippen LogP contribution < -0.4 is 5.32 Å². The summed E-state index contributed by atoms with van der Waals surface area (Å²) in [6, 6.07) is 8.67. The van der Waals surface area contributed by atoms with Crippen LogP contribution in [0.25, 0.3) is 0 Å². The van der Waals surface area contributed by atoms with Gasteiger partial charge in [0, 0.05) is 45.2 Å². The Hall–Kier alpha value is -2.08. The van der Waals surface area contributed by atoms with Crippen molar-refractivity contribution in [2.75, 3.05) is 52.5 Å². The Bertz CT molecular complexity index is 645. The second kappa shape index (κ2) is 10.5. The van der Waals surface area contributed by atoms with Gasteiger partial charge in [-0.25, -0.2) is 0 Å². The summed E-state index contributed by atoms with van der Waals surface area (Å²) in [7, 11) is 0. The summed E-state index contributed by atoms with van der Waals surface area (Å²) in [6.07, 6.45) is 2.75. The van der Waals surface area contributed by atoms with E-state index in [1.165, 1.54) is 11.1 Å². The van der Waals surface area contributed by atoms with Crippen molar-refractivity contribution in [2.24, 2.45) is 10.9 Å². The minimum absolute atomic E-state index is 0.143. The fourth-order valence-electron chi connectivity index (χ4n) is 3.85. The topological polar surface area (TPSA) is 57.2 Å². The first-order valence-electron chi connectivity index (χ1n) is 10.6. The van der Waals surface area contributed by atoms with Crippen LogP contribution in [0.5, 0.6) is 0 Å². The largest absolute Gasteiger partial charge is 0.378 e. The van der Waals surface area contributed by atoms with Crippen molar-refractivity contribution in [3.63, 3.8) is 0 Å². The second-order valence-electron chi connectivity index (χ2n) is 7.67. The van der Waals surface area contributed by atoms with Crippen LogP contribution in [0, 0.1) is 12.8 Å². The van der Waals surface area contributed by atoms with Crippen LogP contribution in [0.2, 0.25) is 0 Å². The molecule has 2 saturated heterocycles. The van der Waals surface area contributed by atoms with Gasteiger partial charge in [0.2, 0.25) is 5.91 Å². The lowest BCUT2D eigenvalue weighted by Gasteiger charge is -2.36. The number of nitrogens with one attached hydrogen (secondary N) is 1. The van der Waals surface area contributed by atoms with E-state index in [-0.39, 0.29) is 5.92 Å². The van der Waals surface area contributed by atoms with Crippen molar-refractivity contribution in [1.29, 1.82) is 0 Å². The van der Waals surface area contributed by atoms with Crippen molar-refractivity contribution >= 4 is 11.9 Å². The molecule has 1 aromatic rings. The Morgan fingerprint density at radius 1 is 1.11 bits per heavy atom. The molecule has 0 saturated carbocycles. The molecule has 2 fully saturated rings. The quantitative estimate of drug-likeness (QED) is 0.622. The van der Waals surface area contributed by atoms with Gasteiger partial charge in [0.1, 0.15) is 0 Å². The molecule has 0 atom stereocenters. The van der Waals surface area contributed by atoms with Gasteiger partial charge in [0.15, 0.2) is 5.96 Å². The van der Waals surface area contributed by atoms with Gasteiger partial charge in [0.05, 0.1) is 13.2 Å². The zero-order valence-corrected chi connectivity index (χ0v) is 17.3. The van der Waals surface area contributed by atoms with E-state index in [2.05, 4.69) is 48.3 Å². The van der Waals surface area contributed by atoms with E-state index in [1.54, 1.807) is 0 Å². The number of carbonyl (C=O) groups excluding carboxylic acids is 1. The molecule has 1 N–H and O–H groups in total. The predicted molar refractivity (Wildman–Crippen MR) is 113 cm³/mol. The second-order valence-corrected chi connectivity index (χ2v) is 7.67. The summed E-state index contributed by atoms with van der Waals surface area (Å²) in [5.41, 5.74) is 2.61. The molecule has 28 heavy (non-hydrogen) atoms. The Balaban J connectivity index is 1.50. The first-order valence-corrected chi connectivity index (χ1v) is 10.6. The highest BCUT2D eigenvalue weighted by Crippen LogP contribution is 2.20. The fraction of sp³-hybridized carbons (Fsp3) is 0.636. The van der Waals surface area contributed by atoms with E-state index in [1.807, 2.05) is 4.90 Å². The number of amides is 1. The van der Waals surface area contributed by atoms with Gasteiger partial charge in [-0.15, -0.1) is 0 Å². The maximum atomic E-state index is 12.7. The number of morpholine rings is 1. The predicted octanol–water partition coefficient (Wildman–Crippen LogP) is 2.07. The number of aryl methyl sites for hydroxylation is 1. The van der Waals surface area contributed by atoms with E-state index in [9.17, 15) is 4.79 Å². The molecule has 0 aromatic heterocycles. The number of nitrogens with zero attached hydrogens (tertiary/aromatic N) is 3. The Morgan fingerprint density at radius 2 is 1.79 bits per heavy atom. The van der Waals surface area contributed by atoms with Crippen LogP contribution >= 0.6 is 0 Å². The highest BCUT2D eigenvalue weighted by molar-refractivity contribution is 5.82. The van der Waals surface area contributed by atoms with Crippen molar-refractivity contribution < 1.29 is 9.53 Å². The highest BCUT2D eigenvalue weighted by atomic mass is 16.5. The smallest absolute Gasteiger partial charge is 0.225 e. The number of hydrogen-bond acceptors (Lipinski definition) is 3. The molecule has 2 heterocycles. The van der Waals surface area contributed by atoms with Crippen molar-refractivity contribution in [3.05, 3.63) is 35.4 Å². The number of aliphatic imine (C=N–C) groups is 1. The molecule has 3 rings (SSSR count). The lowest BCUT2D eigenvalue weighted by Crippen LogP contribution is -2.50. The van der Waals surface area contributed by atoms with E-state index in [0.29, 0.717) is 19.1 Å². The molecule has 0 radical (unpaired) electrons. The lowest BCUT2D eigenvalue weighted by atomic mass is 9.95. The molecule has 0 bridgehead atoms. The number of piperidine rings is 1. The van der Waals surface area contributed by atoms with Crippen molar-refractivity contribution in [1.82, 2.24) is 15.1 Å². The number of carbonyl (C=O) groups is 1. The SMILES string of the molecule is CCNC(=NCCc1ccc(C)cc1)N1CCC(C(=O)N2CCOCC2)CC1. The molecular formula is C22H34N4O2. The third-order valence-corrected chi connectivity index (χ3v) is 5.58. The third-order valence-electron chi connectivity index (χ3n) is 5.58. The number of benzene rings is 1. The van der Waals surface area contributed by atoms with E-state index >= 15 is 0 Å². The van der Waals surface area contributed by atoms with Crippen LogP contribution in [-0.4, -0.2) is 74.1 Å². The summed E-state index contributed by atoms with van der Waals surface area (Å²) >= 11 is 0. The van der Waals surface area contributed by atoms with Crippen LogP contribution in [0.15, 0.2) is 29.3 Å². The van der Waals surface area contributed by atoms with Crippen LogP contribution in [0.1, 0.15) is 30.9 Å². The van der Waals surface area contributed by atoms with Gasteiger partial charge < -0.3 is 19.9 Å². The monoisotopic (exact) mass is 386 g/mol. The summed E-state index contributed by atoms with van der Waals surface area (Å²) in [5.74, 6) is 1.43. The zero-order valence-electron chi connectivity index (χ0n) is 17.3. The Labute approximate surface area is 168 Å². The summed E-state index contributed by atoms with van der Waals surface area (Å²) in [4.78, 5) is 21.8. The lowest BCUT2D eigenvalue weighted by molar-refractivity contribution is -0.140. The molecule has 6 heteroatoms. The first kappa shape index (κ1) is 20.6. The van der Waals surface area contributed by atoms with Crippen molar-refractivity contribution in [3.8, 4) is 0 Å². The molecule has 6 nitrogen and oxygen atoms in total. The maximum Gasteiger partial charge on any atom is 0.225 e. The molecule has 1 amide bonds. The summed E-state index contributed by atoms with van der Waals surface area (Å²) < 4.78 is 5.36. The van der Waals surface area contributed by atoms with Gasteiger partial charge in [-0.1, -0.05) is 29.8 Å². The summed E-state index contributed by atoms with van der Waals surface area (Å²) in [5, 5.41) is 3.42. The molecule has 2 aliphatic heterocycles. The molecule has 2 aliphatic rings. The average Bonchev–Trinajstić information content (AvgIpc) is 2.75. The van der Waals surface area contributed by atoms with Gasteiger partial charge in [-0.05, 0) is 38.7 Å². The van der Waals surface area contributed by atoms with Crippen LogP contribution in [-0.2, 0) is 16.0 Å². The minimum atomic E-state index is 0.143. The molecule has 154 valence electrons. The number of guanidine groups is 1. The van der Waals surface area contributed by atoms with E-state index in [0.717, 1.165) is 64.5 Å². The zero-order chi connectivity index (χ0) is 19.8. The molecule has 0 aliphatic carbocycles. The Morgan fingerprint density at radius 3 is 2.43 bits per heavy atom. The maximum absolute atomic E-state index is 12.7. The van der Waals surface area contributed by atoms with Gasteiger partial charge >= 0.3 is 0 Å². The molecular weight excluding hydrogens is 352 g/mol. The van der Waals surface area contributed by atoms with E-state index in [4.69, 9.17) is 9.73 Å². The fourth-order valence-corrected chi connectivity index (χ4v) is 3.85. The molecule has 0 unspecified atom stereocenters. The first-order chi connectivity index (χ1) is 13.7. The number of ether oxygens (including phenoxy) is 1. The molecule has 1 aromatic carbocycles. The van der Waals surface area contributed by atoms with Gasteiger partial charge in [-0.2, -0.15) is 0 Å². The molecule has 0 spiro atoms. The van der Waals surface area contributed by atoms with Gasteiger partial charge in [-0.3, -0.25) is 9.79 Å². The summed E-state index contributed by atoms with van der Waals surface area (Å²) in [6.45, 7) is 10.4. The van der Waals surface area contributed by atoms with Crippen LogP contribution in [0.4, 0.5) is 0 Å². The van der Waals surface area contributed by atoms with Crippen LogP contribution in [0.3, 0.4) is 0 Å². The normalized spacial score (nSPS) is 19.0. The third kappa shape index (κ3) is 5.71. The van der Waals surface area contributed by atoms with Crippen molar-refractivity contribution in [2.45, 2.75) is 33.1 Å². The van der Waals surface area contributed by atoms with Gasteiger partial charge in [0.25, 0.3) is 0 Å². The highest BCUT2D eigenvalue weighted by Gasteiger charge is 2.30. The Kier molecular flexibility index (Phi) is 7.71. The minimum Gasteiger partial charge on any atom is -0.378 e.